The maximum absolute atomic E-state index is 6.14. The monoisotopic (exact) mass is 351 g/mol. The predicted octanol–water partition coefficient (Wildman–Crippen LogP) is 5.84. The van der Waals surface area contributed by atoms with Crippen LogP contribution in [-0.2, 0) is 0 Å². The maximum Gasteiger partial charge on any atom is 0.100 e. The second-order valence-corrected chi connectivity index (χ2v) is 6.09. The number of halogens is 2. The van der Waals surface area contributed by atoms with Gasteiger partial charge < -0.3 is 0 Å². The average molecular weight is 352 g/mol. The number of para-hydroxylation sites is 1. The fourth-order valence-electron chi connectivity index (χ4n) is 2.55. The number of pyridine rings is 2. The van der Waals surface area contributed by atoms with E-state index in [1.807, 2.05) is 36.4 Å². The molecule has 24 heavy (non-hydrogen) atoms. The lowest BCUT2D eigenvalue weighted by atomic mass is 10.1. The van der Waals surface area contributed by atoms with E-state index >= 15 is 0 Å². The van der Waals surface area contributed by atoms with Gasteiger partial charge in [0, 0.05) is 17.0 Å². The van der Waals surface area contributed by atoms with E-state index in [1.165, 1.54) is 0 Å². The van der Waals surface area contributed by atoms with Crippen LogP contribution >= 0.6 is 23.2 Å². The first kappa shape index (κ1) is 15.1. The summed E-state index contributed by atoms with van der Waals surface area (Å²) in [6, 6.07) is 17.2. The van der Waals surface area contributed by atoms with Gasteiger partial charge in [-0.05, 0) is 24.3 Å². The summed E-state index contributed by atoms with van der Waals surface area (Å²) in [7, 11) is 0. The summed E-state index contributed by atoms with van der Waals surface area (Å²) in [6.45, 7) is 0. The molecule has 0 unspecified atom stereocenters. The number of fused-ring (bicyclic) bond motifs is 3. The highest BCUT2D eigenvalue weighted by atomic mass is 35.5. The predicted molar refractivity (Wildman–Crippen MR) is 101 cm³/mol. The Labute approximate surface area is 148 Å². The molecule has 2 heterocycles. The molecular formula is C19H11Cl2N3. The Bertz CT molecular complexity index is 1070. The largest absolute Gasteiger partial charge is 0.254 e. The Hall–Kier alpha value is -2.49. The molecule has 0 saturated carbocycles. The van der Waals surface area contributed by atoms with Crippen LogP contribution in [0.2, 0.25) is 10.0 Å². The van der Waals surface area contributed by atoms with E-state index in [4.69, 9.17) is 23.2 Å². The summed E-state index contributed by atoms with van der Waals surface area (Å²) in [4.78, 5) is 13.5. The van der Waals surface area contributed by atoms with Crippen LogP contribution in [0.4, 0.5) is 5.69 Å². The molecule has 0 aliphatic heterocycles. The number of aromatic nitrogens is 2. The van der Waals surface area contributed by atoms with Crippen LogP contribution in [0.1, 0.15) is 5.69 Å². The van der Waals surface area contributed by atoms with Gasteiger partial charge in [0.2, 0.25) is 0 Å². The van der Waals surface area contributed by atoms with Gasteiger partial charge in [0.1, 0.15) is 5.69 Å². The van der Waals surface area contributed by atoms with Gasteiger partial charge in [0.25, 0.3) is 0 Å². The standard InChI is InChI=1S/C19H11Cl2N3/c20-15-4-1-5-16(21)19(15)23-11-14-9-8-13-7-6-12-3-2-10-22-17(12)18(13)24-14/h1-11H. The first-order chi connectivity index (χ1) is 11.7. The van der Waals surface area contributed by atoms with E-state index in [0.717, 1.165) is 27.5 Å². The molecule has 0 spiro atoms. The molecule has 0 fully saturated rings. The van der Waals surface area contributed by atoms with E-state index in [9.17, 15) is 0 Å². The summed E-state index contributed by atoms with van der Waals surface area (Å²) in [5.74, 6) is 0. The maximum atomic E-state index is 6.14. The molecule has 4 aromatic rings. The van der Waals surface area contributed by atoms with E-state index in [1.54, 1.807) is 30.6 Å². The second kappa shape index (κ2) is 6.19. The minimum Gasteiger partial charge on any atom is -0.254 e. The van der Waals surface area contributed by atoms with Gasteiger partial charge in [-0.15, -0.1) is 0 Å². The molecule has 5 heteroatoms. The van der Waals surface area contributed by atoms with Crippen molar-refractivity contribution in [1.82, 2.24) is 9.97 Å². The number of hydrogen-bond acceptors (Lipinski definition) is 3. The van der Waals surface area contributed by atoms with Crippen molar-refractivity contribution >= 4 is 56.9 Å². The number of hydrogen-bond donors (Lipinski definition) is 0. The first-order valence-corrected chi connectivity index (χ1v) is 8.10. The quantitative estimate of drug-likeness (QED) is 0.336. The van der Waals surface area contributed by atoms with E-state index in [2.05, 4.69) is 15.0 Å². The molecule has 116 valence electrons. The lowest BCUT2D eigenvalue weighted by molar-refractivity contribution is 1.35. The van der Waals surface area contributed by atoms with Crippen LogP contribution in [0.3, 0.4) is 0 Å². The second-order valence-electron chi connectivity index (χ2n) is 5.28. The Morgan fingerprint density at radius 2 is 1.50 bits per heavy atom. The number of rotatable bonds is 2. The molecular weight excluding hydrogens is 341 g/mol. The molecule has 2 aromatic heterocycles. The highest BCUT2D eigenvalue weighted by Crippen LogP contribution is 2.32. The van der Waals surface area contributed by atoms with Crippen molar-refractivity contribution in [2.75, 3.05) is 0 Å². The van der Waals surface area contributed by atoms with E-state index in [-0.39, 0.29) is 0 Å². The molecule has 0 amide bonds. The Balaban J connectivity index is 1.83. The third kappa shape index (κ3) is 2.73. The summed E-state index contributed by atoms with van der Waals surface area (Å²) in [6.07, 6.45) is 3.43. The molecule has 0 aliphatic carbocycles. The van der Waals surface area contributed by atoms with Crippen molar-refractivity contribution in [3.8, 4) is 0 Å². The normalized spacial score (nSPS) is 11.6. The molecule has 3 nitrogen and oxygen atoms in total. The molecule has 4 rings (SSSR count). The minimum absolute atomic E-state index is 0.506. The highest BCUT2D eigenvalue weighted by molar-refractivity contribution is 6.38. The van der Waals surface area contributed by atoms with Gasteiger partial charge in [0.15, 0.2) is 0 Å². The molecule has 0 radical (unpaired) electrons. The zero-order chi connectivity index (χ0) is 16.5. The van der Waals surface area contributed by atoms with Crippen molar-refractivity contribution in [3.63, 3.8) is 0 Å². The van der Waals surface area contributed by atoms with Crippen LogP contribution in [0, 0.1) is 0 Å². The Kier molecular flexibility index (Phi) is 3.89. The van der Waals surface area contributed by atoms with Crippen molar-refractivity contribution in [2.24, 2.45) is 4.99 Å². The van der Waals surface area contributed by atoms with Crippen molar-refractivity contribution in [1.29, 1.82) is 0 Å². The fourth-order valence-corrected chi connectivity index (χ4v) is 3.05. The van der Waals surface area contributed by atoms with Crippen molar-refractivity contribution in [2.45, 2.75) is 0 Å². The van der Waals surface area contributed by atoms with E-state index in [0.29, 0.717) is 15.7 Å². The fraction of sp³-hybridized carbons (Fsp3) is 0. The summed E-state index contributed by atoms with van der Waals surface area (Å²) in [5.41, 5.74) is 2.98. The van der Waals surface area contributed by atoms with Crippen molar-refractivity contribution in [3.05, 3.63) is 76.5 Å². The number of nitrogens with zero attached hydrogens (tertiary/aromatic N) is 3. The summed E-state index contributed by atoms with van der Waals surface area (Å²) >= 11 is 12.3. The molecule has 0 aliphatic rings. The summed E-state index contributed by atoms with van der Waals surface area (Å²) in [5, 5.41) is 3.10. The zero-order valence-electron chi connectivity index (χ0n) is 12.4. The third-order valence-electron chi connectivity index (χ3n) is 3.72. The Morgan fingerprint density at radius 3 is 2.29 bits per heavy atom. The first-order valence-electron chi connectivity index (χ1n) is 7.35. The van der Waals surface area contributed by atoms with Crippen LogP contribution in [0.15, 0.2) is 65.8 Å². The smallest absolute Gasteiger partial charge is 0.100 e. The van der Waals surface area contributed by atoms with E-state index < -0.39 is 0 Å². The van der Waals surface area contributed by atoms with Crippen LogP contribution < -0.4 is 0 Å². The topological polar surface area (TPSA) is 38.1 Å². The van der Waals surface area contributed by atoms with Gasteiger partial charge in [0.05, 0.1) is 33.0 Å². The van der Waals surface area contributed by atoms with Crippen LogP contribution in [0.25, 0.3) is 21.8 Å². The van der Waals surface area contributed by atoms with Gasteiger partial charge in [-0.1, -0.05) is 53.5 Å². The van der Waals surface area contributed by atoms with Crippen molar-refractivity contribution < 1.29 is 0 Å². The van der Waals surface area contributed by atoms with Gasteiger partial charge in [-0.25, -0.2) is 4.98 Å². The van der Waals surface area contributed by atoms with Crippen LogP contribution in [-0.4, -0.2) is 16.2 Å². The summed E-state index contributed by atoms with van der Waals surface area (Å²) < 4.78 is 0. The molecule has 2 aromatic carbocycles. The lowest BCUT2D eigenvalue weighted by Crippen LogP contribution is -1.90. The lowest BCUT2D eigenvalue weighted by Gasteiger charge is -2.03. The number of benzene rings is 2. The van der Waals surface area contributed by atoms with Gasteiger partial charge >= 0.3 is 0 Å². The Morgan fingerprint density at radius 1 is 0.792 bits per heavy atom. The molecule has 0 saturated heterocycles. The zero-order valence-corrected chi connectivity index (χ0v) is 14.0. The third-order valence-corrected chi connectivity index (χ3v) is 4.33. The average Bonchev–Trinajstić information content (AvgIpc) is 2.61. The highest BCUT2D eigenvalue weighted by Gasteiger charge is 2.05. The molecule has 0 atom stereocenters. The number of aliphatic imine (C=N–C) groups is 1. The minimum atomic E-state index is 0.506. The van der Waals surface area contributed by atoms with Crippen LogP contribution in [0.5, 0.6) is 0 Å². The van der Waals surface area contributed by atoms with Gasteiger partial charge in [-0.3, -0.25) is 9.98 Å². The SMILES string of the molecule is Clc1cccc(Cl)c1N=Cc1ccc2ccc3cccnc3c2n1. The van der Waals surface area contributed by atoms with Gasteiger partial charge in [-0.2, -0.15) is 0 Å². The molecule has 0 bridgehead atoms. The molecule has 0 N–H and O–H groups in total.